The summed E-state index contributed by atoms with van der Waals surface area (Å²) < 4.78 is 0. The topological polar surface area (TPSA) is 71.4 Å². The number of hydrogen-bond donors (Lipinski definition) is 0. The molecule has 0 radical (unpaired) electrons. The first kappa shape index (κ1) is 18.3. The van der Waals surface area contributed by atoms with E-state index in [2.05, 4.69) is 34.0 Å². The Balaban J connectivity index is 0. The maximum absolute atomic E-state index is 8.61. The van der Waals surface area contributed by atoms with Crippen LogP contribution in [0.25, 0.3) is 0 Å². The van der Waals surface area contributed by atoms with Crippen molar-refractivity contribution in [2.24, 2.45) is 0 Å². The normalized spacial score (nSPS) is 9.29. The van der Waals surface area contributed by atoms with Crippen LogP contribution in [0.2, 0.25) is 0 Å². The van der Waals surface area contributed by atoms with Crippen LogP contribution in [0.3, 0.4) is 0 Å². The second kappa shape index (κ2) is 10.1. The number of allylic oxidation sites excluding steroid dienone is 1. The highest BCUT2D eigenvalue weighted by Crippen LogP contribution is 2.38. The molecule has 0 fully saturated rings. The summed E-state index contributed by atoms with van der Waals surface area (Å²) in [6.45, 7) is 3.98. The van der Waals surface area contributed by atoms with Gasteiger partial charge in [0.05, 0.1) is 18.2 Å². The lowest BCUT2D eigenvalue weighted by molar-refractivity contribution is 0.564. The molecule has 0 spiro atoms. The Labute approximate surface area is 112 Å². The van der Waals surface area contributed by atoms with E-state index in [1.54, 1.807) is 0 Å². The summed E-state index contributed by atoms with van der Waals surface area (Å²) in [7, 11) is 2.71. The maximum Gasteiger partial charge on any atom is 0.0625 e. The van der Waals surface area contributed by atoms with Crippen molar-refractivity contribution in [2.45, 2.75) is 43.7 Å². The van der Waals surface area contributed by atoms with Crippen LogP contribution in [0.4, 0.5) is 0 Å². The maximum atomic E-state index is 8.61. The molecule has 0 aromatic heterocycles. The van der Waals surface area contributed by atoms with Crippen LogP contribution < -0.4 is 0 Å². The molecule has 92 valence electrons. The molecule has 0 aromatic rings. The van der Waals surface area contributed by atoms with E-state index in [4.69, 9.17) is 15.8 Å². The van der Waals surface area contributed by atoms with Crippen LogP contribution in [-0.4, -0.2) is 5.16 Å². The van der Waals surface area contributed by atoms with Gasteiger partial charge in [-0.25, -0.2) is 0 Å². The summed E-state index contributed by atoms with van der Waals surface area (Å²) in [6, 6.07) is 6.30. The van der Waals surface area contributed by atoms with Crippen molar-refractivity contribution in [3.05, 3.63) is 12.2 Å². The minimum Gasteiger partial charge on any atom is -0.198 e. The molecule has 0 bridgehead atoms. The van der Waals surface area contributed by atoms with Crippen LogP contribution in [0.5, 0.6) is 0 Å². The van der Waals surface area contributed by atoms with Crippen molar-refractivity contribution >= 4 is 21.6 Å². The molecular formula is C12H17ClN3P. The second-order valence-corrected chi connectivity index (χ2v) is 4.84. The first-order valence-corrected chi connectivity index (χ1v) is 5.76. The zero-order valence-corrected chi connectivity index (χ0v) is 11.7. The molecule has 0 amide bonds. The molecule has 3 nitrogen and oxygen atoms in total. The molecule has 17 heavy (non-hydrogen) atoms. The van der Waals surface area contributed by atoms with Crippen LogP contribution in [-0.2, 0) is 0 Å². The molecule has 1 unspecified atom stereocenters. The molecule has 0 aliphatic heterocycles. The molecule has 0 aliphatic rings. The Morgan fingerprint density at radius 1 is 1.00 bits per heavy atom. The average molecular weight is 270 g/mol. The minimum atomic E-state index is -0.262. The fourth-order valence-corrected chi connectivity index (χ4v) is 1.93. The van der Waals surface area contributed by atoms with Crippen molar-refractivity contribution in [1.29, 1.82) is 15.8 Å². The first-order valence-electron chi connectivity index (χ1n) is 5.18. The van der Waals surface area contributed by atoms with E-state index in [9.17, 15) is 0 Å². The predicted molar refractivity (Wildman–Crippen MR) is 73.4 cm³/mol. The lowest BCUT2D eigenvalue weighted by Gasteiger charge is -2.30. The number of nitriles is 3. The van der Waals surface area contributed by atoms with Gasteiger partial charge in [0, 0.05) is 24.4 Å². The Morgan fingerprint density at radius 3 is 1.76 bits per heavy atom. The van der Waals surface area contributed by atoms with Gasteiger partial charge in [0.1, 0.15) is 0 Å². The van der Waals surface area contributed by atoms with Crippen LogP contribution in [0.15, 0.2) is 12.2 Å². The smallest absolute Gasteiger partial charge is 0.0625 e. The summed E-state index contributed by atoms with van der Waals surface area (Å²) in [4.78, 5) is 0. The SMILES string of the molecule is C=C(CCC#N)C(P)(CCC#N)CCC#N.Cl. The second-order valence-electron chi connectivity index (χ2n) is 3.73. The molecule has 0 heterocycles. The number of nitrogens with zero attached hydrogens (tertiary/aromatic N) is 3. The van der Waals surface area contributed by atoms with E-state index < -0.39 is 0 Å². The van der Waals surface area contributed by atoms with Gasteiger partial charge in [0.15, 0.2) is 0 Å². The minimum absolute atomic E-state index is 0. The fraction of sp³-hybridized carbons (Fsp3) is 0.583. The van der Waals surface area contributed by atoms with Crippen LogP contribution in [0.1, 0.15) is 38.5 Å². The zero-order valence-electron chi connectivity index (χ0n) is 9.78. The van der Waals surface area contributed by atoms with Gasteiger partial charge in [-0.05, 0) is 19.3 Å². The van der Waals surface area contributed by atoms with Gasteiger partial charge in [0.25, 0.3) is 0 Å². The van der Waals surface area contributed by atoms with Crippen molar-refractivity contribution < 1.29 is 0 Å². The van der Waals surface area contributed by atoms with Crippen molar-refractivity contribution in [1.82, 2.24) is 0 Å². The quantitative estimate of drug-likeness (QED) is 0.525. The highest BCUT2D eigenvalue weighted by atomic mass is 35.5. The average Bonchev–Trinajstić information content (AvgIpc) is 2.30. The third-order valence-electron chi connectivity index (χ3n) is 2.61. The number of hydrogen-bond acceptors (Lipinski definition) is 3. The Kier molecular flexibility index (Phi) is 10.9. The van der Waals surface area contributed by atoms with E-state index in [1.807, 2.05) is 0 Å². The Morgan fingerprint density at radius 2 is 1.41 bits per heavy atom. The molecule has 0 saturated carbocycles. The van der Waals surface area contributed by atoms with E-state index in [1.165, 1.54) is 0 Å². The predicted octanol–water partition coefficient (Wildman–Crippen LogP) is 3.49. The van der Waals surface area contributed by atoms with Gasteiger partial charge in [-0.1, -0.05) is 12.2 Å². The van der Waals surface area contributed by atoms with Gasteiger partial charge < -0.3 is 0 Å². The molecule has 0 aromatic carbocycles. The summed E-state index contributed by atoms with van der Waals surface area (Å²) >= 11 is 0. The van der Waals surface area contributed by atoms with Crippen molar-refractivity contribution in [3.63, 3.8) is 0 Å². The van der Waals surface area contributed by atoms with Gasteiger partial charge in [-0.15, -0.1) is 21.6 Å². The third kappa shape index (κ3) is 6.97. The molecule has 1 atom stereocenters. The van der Waals surface area contributed by atoms with E-state index in [0.717, 1.165) is 5.57 Å². The fourth-order valence-electron chi connectivity index (χ4n) is 1.49. The summed E-state index contributed by atoms with van der Waals surface area (Å²) in [5.41, 5.74) is 0.949. The molecule has 0 rings (SSSR count). The summed E-state index contributed by atoms with van der Waals surface area (Å²) in [6.07, 6.45) is 3.33. The number of rotatable bonds is 7. The van der Waals surface area contributed by atoms with Gasteiger partial charge in [0.2, 0.25) is 0 Å². The molecule has 0 N–H and O–H groups in total. The Hall–Kier alpha value is -1.07. The van der Waals surface area contributed by atoms with Gasteiger partial charge in [-0.2, -0.15) is 15.8 Å². The lowest BCUT2D eigenvalue weighted by Crippen LogP contribution is -2.23. The molecule has 0 aliphatic carbocycles. The highest BCUT2D eigenvalue weighted by Gasteiger charge is 2.26. The molecule has 0 saturated heterocycles. The first-order chi connectivity index (χ1) is 7.60. The monoisotopic (exact) mass is 269 g/mol. The van der Waals surface area contributed by atoms with Gasteiger partial charge >= 0.3 is 0 Å². The summed E-state index contributed by atoms with van der Waals surface area (Å²) in [5.74, 6) is 0. The van der Waals surface area contributed by atoms with Crippen molar-refractivity contribution in [3.8, 4) is 18.2 Å². The standard InChI is InChI=1S/C12H16N3P.ClH/c1-11(5-2-8-13)12(16,6-3-9-14)7-4-10-15;/h1-7,16H2;1H. The van der Waals surface area contributed by atoms with E-state index in [-0.39, 0.29) is 17.6 Å². The largest absolute Gasteiger partial charge is 0.198 e. The van der Waals surface area contributed by atoms with Crippen molar-refractivity contribution in [2.75, 3.05) is 0 Å². The summed E-state index contributed by atoms with van der Waals surface area (Å²) in [5, 5.41) is 25.5. The third-order valence-corrected chi connectivity index (χ3v) is 3.59. The van der Waals surface area contributed by atoms with Crippen LogP contribution >= 0.6 is 21.6 Å². The highest BCUT2D eigenvalue weighted by molar-refractivity contribution is 7.19. The lowest BCUT2D eigenvalue weighted by atomic mass is 9.87. The Bertz CT molecular complexity index is 341. The zero-order chi connectivity index (χ0) is 12.4. The van der Waals surface area contributed by atoms with Gasteiger partial charge in [-0.3, -0.25) is 0 Å². The molecular weight excluding hydrogens is 253 g/mol. The van der Waals surface area contributed by atoms with E-state index in [0.29, 0.717) is 38.5 Å². The van der Waals surface area contributed by atoms with Crippen LogP contribution in [0, 0.1) is 34.0 Å². The number of halogens is 1. The molecule has 5 heteroatoms. The van der Waals surface area contributed by atoms with E-state index >= 15 is 0 Å².